The molecular weight excluding hydrogens is 344 g/mol. The molecule has 27 heavy (non-hydrogen) atoms. The van der Waals surface area contributed by atoms with Crippen molar-refractivity contribution in [1.82, 2.24) is 24.3 Å². The second kappa shape index (κ2) is 6.61. The summed E-state index contributed by atoms with van der Waals surface area (Å²) in [4.78, 5) is 11.2. The Balaban J connectivity index is 1.43. The van der Waals surface area contributed by atoms with Crippen molar-refractivity contribution < 1.29 is 10.2 Å². The van der Waals surface area contributed by atoms with Gasteiger partial charge in [-0.25, -0.2) is 14.6 Å². The molecular formula is C19H24N6O2. The highest BCUT2D eigenvalue weighted by molar-refractivity contribution is 5.78. The summed E-state index contributed by atoms with van der Waals surface area (Å²) in [5, 5.41) is 24.4. The molecule has 2 fully saturated rings. The maximum atomic E-state index is 10.6. The Labute approximate surface area is 157 Å². The summed E-state index contributed by atoms with van der Waals surface area (Å²) in [5.41, 5.74) is 2.01. The van der Waals surface area contributed by atoms with Gasteiger partial charge >= 0.3 is 0 Å². The van der Waals surface area contributed by atoms with Crippen LogP contribution in [0, 0.1) is 11.8 Å². The van der Waals surface area contributed by atoms with E-state index in [0.29, 0.717) is 18.4 Å². The lowest BCUT2D eigenvalue weighted by Crippen LogP contribution is -2.36. The van der Waals surface area contributed by atoms with Crippen LogP contribution >= 0.6 is 0 Å². The highest BCUT2D eigenvalue weighted by Gasteiger charge is 2.43. The first kappa shape index (κ1) is 16.7. The Morgan fingerprint density at radius 1 is 1.11 bits per heavy atom. The van der Waals surface area contributed by atoms with Crippen LogP contribution in [-0.4, -0.2) is 60.3 Å². The third kappa shape index (κ3) is 2.80. The van der Waals surface area contributed by atoms with Gasteiger partial charge in [-0.15, -0.1) is 0 Å². The highest BCUT2D eigenvalue weighted by atomic mass is 16.3. The summed E-state index contributed by atoms with van der Waals surface area (Å²) in [6.07, 6.45) is 4.49. The molecule has 2 aliphatic rings. The standard InChI is InChI=1S/C19H24N6O2/c26-6-5-24-16-4-2-1-3-15(16)22-19(24)23-9-13-7-17(25-12-20-11-21-25)18(27)8-14(13)10-23/h1-4,11-14,17-18,26-27H,5-10H2/t13-,14+,17-,18-/m1/s1. The van der Waals surface area contributed by atoms with Crippen LogP contribution in [-0.2, 0) is 6.54 Å². The zero-order valence-corrected chi connectivity index (χ0v) is 15.1. The molecule has 1 saturated heterocycles. The highest BCUT2D eigenvalue weighted by Crippen LogP contribution is 2.42. The maximum Gasteiger partial charge on any atom is 0.206 e. The summed E-state index contributed by atoms with van der Waals surface area (Å²) in [7, 11) is 0. The van der Waals surface area contributed by atoms with Gasteiger partial charge in [0, 0.05) is 19.6 Å². The van der Waals surface area contributed by atoms with Gasteiger partial charge in [-0.1, -0.05) is 12.1 Å². The normalized spacial score (nSPS) is 28.0. The molecule has 3 aromatic rings. The fourth-order valence-corrected chi connectivity index (χ4v) is 4.87. The number of aromatic nitrogens is 5. The molecule has 5 rings (SSSR count). The molecule has 1 saturated carbocycles. The molecule has 2 N–H and O–H groups in total. The Morgan fingerprint density at radius 3 is 2.70 bits per heavy atom. The molecule has 2 aromatic heterocycles. The minimum absolute atomic E-state index is 0.00930. The van der Waals surface area contributed by atoms with Gasteiger partial charge in [0.2, 0.25) is 5.95 Å². The quantitative estimate of drug-likeness (QED) is 0.716. The lowest BCUT2D eigenvalue weighted by atomic mass is 9.77. The van der Waals surface area contributed by atoms with Crippen molar-refractivity contribution in [3.8, 4) is 0 Å². The predicted octanol–water partition coefficient (Wildman–Crippen LogP) is 1.07. The van der Waals surface area contributed by atoms with E-state index in [-0.39, 0.29) is 12.6 Å². The molecule has 8 heteroatoms. The van der Waals surface area contributed by atoms with Crippen molar-refractivity contribution in [3.63, 3.8) is 0 Å². The van der Waals surface area contributed by atoms with E-state index < -0.39 is 6.10 Å². The van der Waals surface area contributed by atoms with Gasteiger partial charge in [-0.05, 0) is 36.8 Å². The van der Waals surface area contributed by atoms with Gasteiger partial charge in [0.25, 0.3) is 0 Å². The van der Waals surface area contributed by atoms with Crippen LogP contribution in [0.1, 0.15) is 18.9 Å². The monoisotopic (exact) mass is 368 g/mol. The molecule has 142 valence electrons. The van der Waals surface area contributed by atoms with E-state index in [0.717, 1.165) is 42.9 Å². The van der Waals surface area contributed by atoms with Gasteiger partial charge in [0.15, 0.2) is 0 Å². The van der Waals surface area contributed by atoms with Crippen LogP contribution in [0.4, 0.5) is 5.95 Å². The molecule has 0 bridgehead atoms. The number of nitrogens with zero attached hydrogens (tertiary/aromatic N) is 6. The van der Waals surface area contributed by atoms with Gasteiger partial charge in [0.1, 0.15) is 12.7 Å². The first-order chi connectivity index (χ1) is 13.2. The molecule has 0 amide bonds. The topological polar surface area (TPSA) is 92.2 Å². The number of aliphatic hydroxyl groups excluding tert-OH is 2. The zero-order chi connectivity index (χ0) is 18.4. The Bertz CT molecular complexity index is 924. The van der Waals surface area contributed by atoms with E-state index in [2.05, 4.69) is 25.6 Å². The lowest BCUT2D eigenvalue weighted by molar-refractivity contribution is 0.0305. The average Bonchev–Trinajstić information content (AvgIpc) is 3.39. The van der Waals surface area contributed by atoms with Crippen LogP contribution in [0.3, 0.4) is 0 Å². The molecule has 0 unspecified atom stereocenters. The third-order valence-electron chi connectivity index (χ3n) is 6.13. The number of anilines is 1. The smallest absolute Gasteiger partial charge is 0.206 e. The molecule has 8 nitrogen and oxygen atoms in total. The predicted molar refractivity (Wildman–Crippen MR) is 100 cm³/mol. The molecule has 0 radical (unpaired) electrons. The van der Waals surface area contributed by atoms with Crippen LogP contribution in [0.2, 0.25) is 0 Å². The molecule has 0 spiro atoms. The number of hydrogen-bond acceptors (Lipinski definition) is 6. The maximum absolute atomic E-state index is 10.6. The van der Waals surface area contributed by atoms with Gasteiger partial charge in [-0.3, -0.25) is 0 Å². The Morgan fingerprint density at radius 2 is 1.93 bits per heavy atom. The number of aliphatic hydroxyl groups is 2. The Kier molecular flexibility index (Phi) is 4.09. The number of imidazole rings is 1. The van der Waals surface area contributed by atoms with Gasteiger partial charge in [-0.2, -0.15) is 5.10 Å². The number of hydrogen-bond donors (Lipinski definition) is 2. The number of para-hydroxylation sites is 2. The summed E-state index contributed by atoms with van der Waals surface area (Å²) < 4.78 is 3.91. The van der Waals surface area contributed by atoms with E-state index in [9.17, 15) is 10.2 Å². The number of rotatable bonds is 4. The van der Waals surface area contributed by atoms with Crippen LogP contribution < -0.4 is 4.90 Å². The van der Waals surface area contributed by atoms with E-state index in [4.69, 9.17) is 4.98 Å². The number of benzene rings is 1. The van der Waals surface area contributed by atoms with E-state index in [1.807, 2.05) is 18.2 Å². The molecule has 1 aliphatic heterocycles. The van der Waals surface area contributed by atoms with Crippen LogP contribution in [0.15, 0.2) is 36.9 Å². The Hall–Kier alpha value is -2.45. The first-order valence-electron chi connectivity index (χ1n) is 9.58. The zero-order valence-electron chi connectivity index (χ0n) is 15.1. The van der Waals surface area contributed by atoms with E-state index in [1.54, 1.807) is 11.0 Å². The minimum Gasteiger partial charge on any atom is -0.395 e. The summed E-state index contributed by atoms with van der Waals surface area (Å²) in [6, 6.07) is 8.05. The molecule has 4 atom stereocenters. The molecule has 1 aliphatic carbocycles. The summed E-state index contributed by atoms with van der Waals surface area (Å²) >= 11 is 0. The second-order valence-electron chi connectivity index (χ2n) is 7.68. The fourth-order valence-electron chi connectivity index (χ4n) is 4.87. The van der Waals surface area contributed by atoms with Crippen molar-refractivity contribution >= 4 is 17.0 Å². The van der Waals surface area contributed by atoms with Crippen molar-refractivity contribution in [2.24, 2.45) is 11.8 Å². The van der Waals surface area contributed by atoms with Crippen molar-refractivity contribution in [2.45, 2.75) is 31.5 Å². The third-order valence-corrected chi connectivity index (χ3v) is 6.13. The van der Waals surface area contributed by atoms with Crippen LogP contribution in [0.5, 0.6) is 0 Å². The first-order valence-corrected chi connectivity index (χ1v) is 9.58. The van der Waals surface area contributed by atoms with Crippen molar-refractivity contribution in [3.05, 3.63) is 36.9 Å². The summed E-state index contributed by atoms with van der Waals surface area (Å²) in [6.45, 7) is 2.42. The summed E-state index contributed by atoms with van der Waals surface area (Å²) in [5.74, 6) is 1.86. The van der Waals surface area contributed by atoms with Gasteiger partial charge < -0.3 is 19.7 Å². The lowest BCUT2D eigenvalue weighted by Gasteiger charge is -2.34. The molecule has 3 heterocycles. The second-order valence-corrected chi connectivity index (χ2v) is 7.68. The van der Waals surface area contributed by atoms with Crippen molar-refractivity contribution in [1.29, 1.82) is 0 Å². The van der Waals surface area contributed by atoms with Crippen molar-refractivity contribution in [2.75, 3.05) is 24.6 Å². The minimum atomic E-state index is -0.399. The van der Waals surface area contributed by atoms with Gasteiger partial charge in [0.05, 0.1) is 29.8 Å². The fraction of sp³-hybridized carbons (Fsp3) is 0.526. The molecule has 1 aromatic carbocycles. The van der Waals surface area contributed by atoms with Crippen LogP contribution in [0.25, 0.3) is 11.0 Å². The SMILES string of the molecule is OCCn1c(N2C[C@H]3C[C@@H](n4cncn4)[C@H](O)C[C@H]3C2)nc2ccccc21. The largest absolute Gasteiger partial charge is 0.395 e. The average molecular weight is 368 g/mol. The van der Waals surface area contributed by atoms with E-state index in [1.165, 1.54) is 6.33 Å². The van der Waals surface area contributed by atoms with E-state index >= 15 is 0 Å². The number of fused-ring (bicyclic) bond motifs is 2.